The van der Waals surface area contributed by atoms with Crippen molar-refractivity contribution in [2.24, 2.45) is 0 Å². The molecule has 3 nitrogen and oxygen atoms in total. The molecule has 2 N–H and O–H groups in total. The van der Waals surface area contributed by atoms with Crippen molar-refractivity contribution in [2.75, 3.05) is 5.73 Å². The number of hydrogen-bond donors (Lipinski definition) is 1. The van der Waals surface area contributed by atoms with Crippen LogP contribution in [0, 0.1) is 6.92 Å². The average Bonchev–Trinajstić information content (AvgIpc) is 2.51. The Morgan fingerprint density at radius 2 is 2.20 bits per heavy atom. The number of rotatable bonds is 1. The lowest BCUT2D eigenvalue weighted by Gasteiger charge is -2.04. The Morgan fingerprint density at radius 1 is 1.47 bits per heavy atom. The van der Waals surface area contributed by atoms with Crippen LogP contribution >= 0.6 is 27.5 Å². The fourth-order valence-electron chi connectivity index (χ4n) is 1.26. The first-order chi connectivity index (χ1) is 7.08. The van der Waals surface area contributed by atoms with E-state index < -0.39 is 0 Å². The van der Waals surface area contributed by atoms with Crippen LogP contribution in [0.3, 0.4) is 0 Å². The third kappa shape index (κ3) is 2.01. The lowest BCUT2D eigenvalue weighted by Crippen LogP contribution is -1.97. The Hall–Kier alpha value is -1.00. The molecule has 2 aromatic rings. The Kier molecular flexibility index (Phi) is 2.71. The highest BCUT2D eigenvalue weighted by atomic mass is 79.9. The van der Waals surface area contributed by atoms with Crippen molar-refractivity contribution in [1.82, 2.24) is 9.78 Å². The number of benzene rings is 1. The number of anilines is 1. The lowest BCUT2D eigenvalue weighted by atomic mass is 10.3. The fourth-order valence-corrected chi connectivity index (χ4v) is 1.81. The van der Waals surface area contributed by atoms with E-state index in [1.807, 2.05) is 31.3 Å². The highest BCUT2D eigenvalue weighted by Crippen LogP contribution is 2.25. The van der Waals surface area contributed by atoms with E-state index >= 15 is 0 Å². The Labute approximate surface area is 101 Å². The molecule has 1 heterocycles. The van der Waals surface area contributed by atoms with Gasteiger partial charge in [0.15, 0.2) is 0 Å². The smallest absolute Gasteiger partial charge is 0.148 e. The Bertz CT molecular complexity index is 488. The third-order valence-corrected chi connectivity index (χ3v) is 2.90. The molecular weight excluding hydrogens is 277 g/mol. The first-order valence-electron chi connectivity index (χ1n) is 4.35. The molecule has 1 aromatic carbocycles. The highest BCUT2D eigenvalue weighted by molar-refractivity contribution is 9.10. The molecule has 1 aromatic heterocycles. The molecule has 0 aliphatic heterocycles. The van der Waals surface area contributed by atoms with Gasteiger partial charge in [-0.3, -0.25) is 0 Å². The molecule has 0 bridgehead atoms. The van der Waals surface area contributed by atoms with Crippen LogP contribution in [-0.2, 0) is 0 Å². The first-order valence-corrected chi connectivity index (χ1v) is 5.52. The maximum Gasteiger partial charge on any atom is 0.148 e. The molecule has 0 aliphatic rings. The van der Waals surface area contributed by atoms with E-state index in [1.54, 1.807) is 4.68 Å². The summed E-state index contributed by atoms with van der Waals surface area (Å²) in [5.74, 6) is 0.519. The molecule has 0 unspecified atom stereocenters. The molecule has 0 atom stereocenters. The first kappa shape index (κ1) is 10.5. The van der Waals surface area contributed by atoms with Gasteiger partial charge in [0.1, 0.15) is 5.82 Å². The van der Waals surface area contributed by atoms with Crippen LogP contribution < -0.4 is 5.73 Å². The van der Waals surface area contributed by atoms with Crippen LogP contribution in [0.1, 0.15) is 5.56 Å². The summed E-state index contributed by atoms with van der Waals surface area (Å²) in [5.41, 5.74) is 7.43. The predicted molar refractivity (Wildman–Crippen MR) is 65.4 cm³/mol. The number of aromatic nitrogens is 2. The fraction of sp³-hybridized carbons (Fsp3) is 0.100. The Balaban J connectivity index is 2.58. The van der Waals surface area contributed by atoms with Crippen LogP contribution in [0.5, 0.6) is 0 Å². The number of aryl methyl sites for hydroxylation is 1. The van der Waals surface area contributed by atoms with Gasteiger partial charge in [0, 0.05) is 16.2 Å². The van der Waals surface area contributed by atoms with Crippen LogP contribution in [0.25, 0.3) is 5.69 Å². The van der Waals surface area contributed by atoms with E-state index in [9.17, 15) is 0 Å². The van der Waals surface area contributed by atoms with Crippen LogP contribution in [0.15, 0.2) is 28.9 Å². The van der Waals surface area contributed by atoms with Crippen molar-refractivity contribution in [1.29, 1.82) is 0 Å². The van der Waals surface area contributed by atoms with E-state index in [-0.39, 0.29) is 0 Å². The van der Waals surface area contributed by atoms with Gasteiger partial charge < -0.3 is 5.73 Å². The molecule has 0 spiro atoms. The molecule has 5 heteroatoms. The topological polar surface area (TPSA) is 43.8 Å². The summed E-state index contributed by atoms with van der Waals surface area (Å²) < 4.78 is 2.63. The van der Waals surface area contributed by atoms with Crippen molar-refractivity contribution < 1.29 is 0 Å². The predicted octanol–water partition coefficient (Wildman–Crippen LogP) is 3.18. The number of nitrogen functional groups attached to an aromatic ring is 1. The molecule has 0 aliphatic carbocycles. The highest BCUT2D eigenvalue weighted by Gasteiger charge is 2.07. The van der Waals surface area contributed by atoms with E-state index in [2.05, 4.69) is 21.0 Å². The molecule has 0 amide bonds. The summed E-state index contributed by atoms with van der Waals surface area (Å²) >= 11 is 9.46. The van der Waals surface area contributed by atoms with Gasteiger partial charge in [-0.1, -0.05) is 27.5 Å². The molecular formula is C10H9BrClN3. The largest absolute Gasteiger partial charge is 0.382 e. The number of nitrogens with zero attached hydrogens (tertiary/aromatic N) is 2. The van der Waals surface area contributed by atoms with Gasteiger partial charge in [0.25, 0.3) is 0 Å². The summed E-state index contributed by atoms with van der Waals surface area (Å²) in [6, 6.07) is 5.59. The molecule has 2 rings (SSSR count). The van der Waals surface area contributed by atoms with Gasteiger partial charge >= 0.3 is 0 Å². The normalized spacial score (nSPS) is 10.6. The summed E-state index contributed by atoms with van der Waals surface area (Å²) in [7, 11) is 0. The number of hydrogen-bond acceptors (Lipinski definition) is 2. The van der Waals surface area contributed by atoms with Gasteiger partial charge in [-0.05, 0) is 25.1 Å². The summed E-state index contributed by atoms with van der Waals surface area (Å²) in [6.07, 6.45) is 1.85. The van der Waals surface area contributed by atoms with Crippen LogP contribution in [0.4, 0.5) is 5.82 Å². The second kappa shape index (κ2) is 3.87. The molecule has 0 saturated carbocycles. The summed E-state index contributed by atoms with van der Waals surface area (Å²) in [5, 5.41) is 4.81. The zero-order valence-electron chi connectivity index (χ0n) is 8.04. The van der Waals surface area contributed by atoms with Gasteiger partial charge in [-0.2, -0.15) is 5.10 Å². The van der Waals surface area contributed by atoms with Crippen LogP contribution in [-0.4, -0.2) is 9.78 Å². The number of halogens is 2. The van der Waals surface area contributed by atoms with Crippen LogP contribution in [0.2, 0.25) is 5.02 Å². The SMILES string of the molecule is Cc1cn(-c2cc(Br)ccc2Cl)nc1N. The van der Waals surface area contributed by atoms with Gasteiger partial charge in [0.2, 0.25) is 0 Å². The van der Waals surface area contributed by atoms with E-state index in [0.29, 0.717) is 10.8 Å². The average molecular weight is 287 g/mol. The molecule has 0 fully saturated rings. The maximum absolute atomic E-state index is 6.07. The van der Waals surface area contributed by atoms with E-state index in [1.165, 1.54) is 0 Å². The van der Waals surface area contributed by atoms with Crippen molar-refractivity contribution in [2.45, 2.75) is 6.92 Å². The minimum atomic E-state index is 0.519. The standard InChI is InChI=1S/C10H9BrClN3/c1-6-5-15(14-10(6)13)9-4-7(11)2-3-8(9)12/h2-5H,1H3,(H2,13,14). The lowest BCUT2D eigenvalue weighted by molar-refractivity contribution is 0.885. The maximum atomic E-state index is 6.07. The monoisotopic (exact) mass is 285 g/mol. The quantitative estimate of drug-likeness (QED) is 0.875. The van der Waals surface area contributed by atoms with Crippen molar-refractivity contribution >= 4 is 33.3 Å². The van der Waals surface area contributed by atoms with Crippen molar-refractivity contribution in [3.63, 3.8) is 0 Å². The zero-order chi connectivity index (χ0) is 11.0. The zero-order valence-corrected chi connectivity index (χ0v) is 10.4. The number of nitrogens with two attached hydrogens (primary N) is 1. The molecule has 0 saturated heterocycles. The summed E-state index contributed by atoms with van der Waals surface area (Å²) in [4.78, 5) is 0. The summed E-state index contributed by atoms with van der Waals surface area (Å²) in [6.45, 7) is 1.91. The second-order valence-corrected chi connectivity index (χ2v) is 4.56. The molecule has 15 heavy (non-hydrogen) atoms. The molecule has 78 valence electrons. The minimum Gasteiger partial charge on any atom is -0.382 e. The van der Waals surface area contributed by atoms with Crippen molar-refractivity contribution in [3.8, 4) is 5.69 Å². The van der Waals surface area contributed by atoms with Gasteiger partial charge in [0.05, 0.1) is 10.7 Å². The van der Waals surface area contributed by atoms with Gasteiger partial charge in [-0.15, -0.1) is 0 Å². The minimum absolute atomic E-state index is 0.519. The van der Waals surface area contributed by atoms with E-state index in [4.69, 9.17) is 17.3 Å². The van der Waals surface area contributed by atoms with Gasteiger partial charge in [-0.25, -0.2) is 4.68 Å². The Morgan fingerprint density at radius 3 is 2.80 bits per heavy atom. The third-order valence-electron chi connectivity index (χ3n) is 2.09. The molecule has 0 radical (unpaired) electrons. The van der Waals surface area contributed by atoms with E-state index in [0.717, 1.165) is 15.7 Å². The second-order valence-electron chi connectivity index (χ2n) is 3.24. The van der Waals surface area contributed by atoms with Crippen molar-refractivity contribution in [3.05, 3.63) is 39.5 Å².